The fraction of sp³-hybridized carbons (Fsp3) is 0.450. The molecule has 1 aromatic heterocycles. The number of hydrogen-bond acceptors (Lipinski definition) is 4. The summed E-state index contributed by atoms with van der Waals surface area (Å²) in [4.78, 5) is 32.3. The molecular formula is C20H26ClN3O2S. The lowest BCUT2D eigenvalue weighted by molar-refractivity contribution is -0.133. The topological polar surface area (TPSA) is 55.2 Å². The summed E-state index contributed by atoms with van der Waals surface area (Å²) in [7, 11) is 0. The molecule has 5 nitrogen and oxygen atoms in total. The van der Waals surface area contributed by atoms with Crippen LogP contribution < -0.4 is 5.56 Å². The number of allylic oxidation sites excluding steroid dienone is 1. The summed E-state index contributed by atoms with van der Waals surface area (Å²) >= 11 is 7.35. The monoisotopic (exact) mass is 407 g/mol. The Morgan fingerprint density at radius 1 is 1.30 bits per heavy atom. The number of aromatic nitrogens is 2. The van der Waals surface area contributed by atoms with Gasteiger partial charge in [-0.3, -0.25) is 14.2 Å². The van der Waals surface area contributed by atoms with E-state index in [1.54, 1.807) is 28.8 Å². The number of nitrogens with zero attached hydrogens (tertiary/aromatic N) is 3. The Morgan fingerprint density at radius 3 is 2.48 bits per heavy atom. The molecule has 0 spiro atoms. The number of carbonyl (C=O) groups is 1. The molecule has 2 aromatic rings. The molecule has 2 rings (SSSR count). The van der Waals surface area contributed by atoms with Gasteiger partial charge < -0.3 is 4.90 Å². The number of benzene rings is 1. The second kappa shape index (κ2) is 8.93. The Balaban J connectivity index is 2.47. The minimum Gasteiger partial charge on any atom is -0.337 e. The molecule has 146 valence electrons. The summed E-state index contributed by atoms with van der Waals surface area (Å²) in [6.45, 7) is 13.9. The van der Waals surface area contributed by atoms with Crippen LogP contribution in [0.5, 0.6) is 0 Å². The molecule has 0 aliphatic heterocycles. The van der Waals surface area contributed by atoms with Crippen molar-refractivity contribution in [2.24, 2.45) is 0 Å². The molecule has 1 aromatic carbocycles. The zero-order valence-electron chi connectivity index (χ0n) is 16.4. The summed E-state index contributed by atoms with van der Waals surface area (Å²) in [5.41, 5.74) is 0.364. The summed E-state index contributed by atoms with van der Waals surface area (Å²) in [6.07, 6.45) is 1.65. The van der Waals surface area contributed by atoms with Crippen LogP contribution in [0.15, 0.2) is 40.8 Å². The van der Waals surface area contributed by atoms with Crippen molar-refractivity contribution in [3.05, 3.63) is 46.2 Å². The Morgan fingerprint density at radius 2 is 1.93 bits per heavy atom. The van der Waals surface area contributed by atoms with Crippen LogP contribution in [-0.4, -0.2) is 37.7 Å². The molecule has 27 heavy (non-hydrogen) atoms. The first kappa shape index (κ1) is 21.5. The van der Waals surface area contributed by atoms with E-state index in [9.17, 15) is 9.59 Å². The maximum Gasteiger partial charge on any atom is 0.262 e. The van der Waals surface area contributed by atoms with Crippen LogP contribution in [0.2, 0.25) is 5.02 Å². The third-order valence-electron chi connectivity index (χ3n) is 4.19. The van der Waals surface area contributed by atoms with Gasteiger partial charge in [0, 0.05) is 23.7 Å². The van der Waals surface area contributed by atoms with E-state index in [1.165, 1.54) is 11.8 Å². The second-order valence-electron chi connectivity index (χ2n) is 6.95. The van der Waals surface area contributed by atoms with Gasteiger partial charge >= 0.3 is 0 Å². The Kier molecular flexibility index (Phi) is 7.12. The third kappa shape index (κ3) is 4.74. The molecule has 1 amide bonds. The van der Waals surface area contributed by atoms with Crippen LogP contribution >= 0.6 is 23.4 Å². The maximum absolute atomic E-state index is 13.0. The Hall–Kier alpha value is -1.79. The smallest absolute Gasteiger partial charge is 0.262 e. The van der Waals surface area contributed by atoms with Gasteiger partial charge in [-0.25, -0.2) is 4.98 Å². The van der Waals surface area contributed by atoms with Crippen molar-refractivity contribution in [2.45, 2.75) is 63.7 Å². The van der Waals surface area contributed by atoms with Gasteiger partial charge in [-0.2, -0.15) is 0 Å². The van der Waals surface area contributed by atoms with Crippen molar-refractivity contribution in [3.63, 3.8) is 0 Å². The van der Waals surface area contributed by atoms with Crippen LogP contribution in [0.4, 0.5) is 0 Å². The quantitative estimate of drug-likeness (QED) is 0.388. The van der Waals surface area contributed by atoms with E-state index < -0.39 is 0 Å². The lowest BCUT2D eigenvalue weighted by Gasteiger charge is -2.33. The number of amides is 1. The van der Waals surface area contributed by atoms with Gasteiger partial charge in [0.2, 0.25) is 5.91 Å². The highest BCUT2D eigenvalue weighted by Crippen LogP contribution is 2.26. The minimum absolute atomic E-state index is 0.0237. The van der Waals surface area contributed by atoms with Gasteiger partial charge in [-0.15, -0.1) is 6.58 Å². The zero-order valence-corrected chi connectivity index (χ0v) is 18.0. The van der Waals surface area contributed by atoms with Crippen molar-refractivity contribution in [1.29, 1.82) is 0 Å². The number of hydrogen-bond donors (Lipinski definition) is 0. The van der Waals surface area contributed by atoms with Crippen molar-refractivity contribution < 1.29 is 4.79 Å². The average Bonchev–Trinajstić information content (AvgIpc) is 2.57. The van der Waals surface area contributed by atoms with Crippen molar-refractivity contribution >= 4 is 40.2 Å². The predicted molar refractivity (Wildman–Crippen MR) is 114 cm³/mol. The summed E-state index contributed by atoms with van der Waals surface area (Å²) in [5, 5.41) is 1.12. The number of carbonyl (C=O) groups excluding carboxylic acids is 1. The molecule has 0 bridgehead atoms. The van der Waals surface area contributed by atoms with Crippen molar-refractivity contribution in [1.82, 2.24) is 14.5 Å². The third-order valence-corrected chi connectivity index (χ3v) is 5.50. The first-order chi connectivity index (χ1) is 12.7. The standard InChI is InChI=1S/C20H26ClN3O2S/c1-7-10-23-19(26)16-9-8-15(21)11-17(16)22-20(23)27-14(6)18(25)24(12(2)3)13(4)5/h7-9,11-14H,1,10H2,2-6H3. The van der Waals surface area contributed by atoms with Gasteiger partial charge in [0.1, 0.15) is 0 Å². The molecule has 7 heteroatoms. The molecular weight excluding hydrogens is 382 g/mol. The fourth-order valence-corrected chi connectivity index (χ4v) is 4.22. The van der Waals surface area contributed by atoms with E-state index in [1.807, 2.05) is 39.5 Å². The van der Waals surface area contributed by atoms with Crippen molar-refractivity contribution in [3.8, 4) is 0 Å². The molecule has 1 unspecified atom stereocenters. The molecule has 0 aliphatic carbocycles. The predicted octanol–water partition coefficient (Wildman–Crippen LogP) is 4.36. The van der Waals surface area contributed by atoms with Gasteiger partial charge in [-0.1, -0.05) is 29.4 Å². The van der Waals surface area contributed by atoms with Gasteiger partial charge in [-0.05, 0) is 52.8 Å². The van der Waals surface area contributed by atoms with E-state index >= 15 is 0 Å². The SMILES string of the molecule is C=CCn1c(SC(C)C(=O)N(C(C)C)C(C)C)nc2cc(Cl)ccc2c1=O. The number of fused-ring (bicyclic) bond motifs is 1. The highest BCUT2D eigenvalue weighted by molar-refractivity contribution is 8.00. The Labute approximate surface area is 169 Å². The highest BCUT2D eigenvalue weighted by Gasteiger charge is 2.27. The maximum atomic E-state index is 13.0. The van der Waals surface area contributed by atoms with Crippen molar-refractivity contribution in [2.75, 3.05) is 0 Å². The van der Waals surface area contributed by atoms with Crippen LogP contribution in [0, 0.1) is 0 Å². The fourth-order valence-electron chi connectivity index (χ4n) is 3.08. The van der Waals surface area contributed by atoms with Gasteiger partial charge in [0.05, 0.1) is 16.2 Å². The van der Waals surface area contributed by atoms with E-state index in [-0.39, 0.29) is 28.8 Å². The second-order valence-corrected chi connectivity index (χ2v) is 8.70. The van der Waals surface area contributed by atoms with Gasteiger partial charge in [0.25, 0.3) is 5.56 Å². The van der Waals surface area contributed by atoms with E-state index in [0.717, 1.165) is 0 Å². The van der Waals surface area contributed by atoms with Crippen LogP contribution in [-0.2, 0) is 11.3 Å². The normalized spacial score (nSPS) is 12.6. The van der Waals surface area contributed by atoms with Gasteiger partial charge in [0.15, 0.2) is 5.16 Å². The van der Waals surface area contributed by atoms with Crippen LogP contribution in [0.25, 0.3) is 10.9 Å². The van der Waals surface area contributed by atoms with Crippen LogP contribution in [0.3, 0.4) is 0 Å². The summed E-state index contributed by atoms with van der Waals surface area (Å²) in [5.74, 6) is 0.0237. The molecule has 1 atom stereocenters. The molecule has 0 aliphatic rings. The van der Waals surface area contributed by atoms with E-state index in [2.05, 4.69) is 11.6 Å². The molecule has 0 fully saturated rings. The lowest BCUT2D eigenvalue weighted by atomic mass is 10.2. The number of thioether (sulfide) groups is 1. The zero-order chi connectivity index (χ0) is 20.3. The average molecular weight is 408 g/mol. The van der Waals surface area contributed by atoms with E-state index in [0.29, 0.717) is 27.6 Å². The minimum atomic E-state index is -0.380. The molecule has 1 heterocycles. The summed E-state index contributed by atoms with van der Waals surface area (Å²) < 4.78 is 1.55. The first-order valence-corrected chi connectivity index (χ1v) is 10.2. The molecule has 0 N–H and O–H groups in total. The molecule has 0 saturated heterocycles. The summed E-state index contributed by atoms with van der Waals surface area (Å²) in [6, 6.07) is 5.21. The first-order valence-electron chi connectivity index (χ1n) is 8.97. The molecule has 0 radical (unpaired) electrons. The lowest BCUT2D eigenvalue weighted by Crippen LogP contribution is -2.45. The number of halogens is 1. The largest absolute Gasteiger partial charge is 0.337 e. The highest BCUT2D eigenvalue weighted by atomic mass is 35.5. The van der Waals surface area contributed by atoms with Crippen LogP contribution in [0.1, 0.15) is 34.6 Å². The molecule has 0 saturated carbocycles. The number of rotatable bonds is 7. The Bertz CT molecular complexity index is 900. The van der Waals surface area contributed by atoms with E-state index in [4.69, 9.17) is 11.6 Å².